The third-order valence-electron chi connectivity index (χ3n) is 2.65. The summed E-state index contributed by atoms with van der Waals surface area (Å²) < 4.78 is 0. The highest BCUT2D eigenvalue weighted by Gasteiger charge is 2.40. The summed E-state index contributed by atoms with van der Waals surface area (Å²) in [7, 11) is 0. The van der Waals surface area contributed by atoms with Crippen molar-refractivity contribution in [3.05, 3.63) is 11.6 Å². The highest BCUT2D eigenvalue weighted by atomic mass is 16.2. The Morgan fingerprint density at radius 3 is 2.46 bits per heavy atom. The van der Waals surface area contributed by atoms with E-state index in [1.165, 1.54) is 11.0 Å². The maximum atomic E-state index is 11.5. The minimum absolute atomic E-state index is 0.0451. The van der Waals surface area contributed by atoms with Crippen LogP contribution in [-0.4, -0.2) is 28.8 Å². The SMILES string of the molecule is CC1=CC(=O)N(C2CC(N)C2)C1=O. The molecule has 2 N–H and O–H groups in total. The molecule has 1 aliphatic heterocycles. The lowest BCUT2D eigenvalue weighted by molar-refractivity contribution is -0.142. The Labute approximate surface area is 76.4 Å². The maximum Gasteiger partial charge on any atom is 0.256 e. The maximum absolute atomic E-state index is 11.5. The Balaban J connectivity index is 2.10. The minimum Gasteiger partial charge on any atom is -0.328 e. The zero-order valence-corrected chi connectivity index (χ0v) is 7.49. The van der Waals surface area contributed by atoms with Gasteiger partial charge in [-0.3, -0.25) is 14.5 Å². The quantitative estimate of drug-likeness (QED) is 0.568. The molecule has 1 fully saturated rings. The van der Waals surface area contributed by atoms with E-state index in [2.05, 4.69) is 0 Å². The number of carbonyl (C=O) groups excluding carboxylic acids is 2. The van der Waals surface area contributed by atoms with Gasteiger partial charge in [-0.25, -0.2) is 0 Å². The van der Waals surface area contributed by atoms with Crippen molar-refractivity contribution in [2.24, 2.45) is 5.73 Å². The number of nitrogens with two attached hydrogens (primary N) is 1. The van der Waals surface area contributed by atoms with Crippen molar-refractivity contribution >= 4 is 11.8 Å². The predicted molar refractivity (Wildman–Crippen MR) is 46.6 cm³/mol. The molecule has 4 heteroatoms. The largest absolute Gasteiger partial charge is 0.328 e. The molecule has 0 unspecified atom stereocenters. The molecule has 4 nitrogen and oxygen atoms in total. The van der Waals surface area contributed by atoms with Crippen LogP contribution in [-0.2, 0) is 9.59 Å². The first-order chi connectivity index (χ1) is 6.09. The Morgan fingerprint density at radius 1 is 1.46 bits per heavy atom. The summed E-state index contributed by atoms with van der Waals surface area (Å²) in [4.78, 5) is 24.1. The molecule has 13 heavy (non-hydrogen) atoms. The molecule has 1 saturated carbocycles. The zero-order valence-electron chi connectivity index (χ0n) is 7.49. The number of nitrogens with zero attached hydrogens (tertiary/aromatic N) is 1. The van der Waals surface area contributed by atoms with Crippen LogP contribution in [0.3, 0.4) is 0 Å². The number of rotatable bonds is 1. The summed E-state index contributed by atoms with van der Waals surface area (Å²) in [5.74, 6) is -0.332. The third kappa shape index (κ3) is 1.18. The topological polar surface area (TPSA) is 63.4 Å². The van der Waals surface area contributed by atoms with Crippen molar-refractivity contribution in [2.75, 3.05) is 0 Å². The molecule has 1 aliphatic carbocycles. The number of imide groups is 1. The van der Waals surface area contributed by atoms with Gasteiger partial charge in [0, 0.05) is 23.7 Å². The van der Waals surface area contributed by atoms with E-state index in [1.54, 1.807) is 6.92 Å². The van der Waals surface area contributed by atoms with Crippen LogP contribution in [0, 0.1) is 0 Å². The van der Waals surface area contributed by atoms with E-state index in [-0.39, 0.29) is 23.9 Å². The molecule has 0 aromatic rings. The van der Waals surface area contributed by atoms with Crippen LogP contribution in [0.15, 0.2) is 11.6 Å². The zero-order chi connectivity index (χ0) is 9.59. The molecule has 70 valence electrons. The molecule has 1 heterocycles. The van der Waals surface area contributed by atoms with E-state index < -0.39 is 0 Å². The molecule has 0 spiro atoms. The van der Waals surface area contributed by atoms with Gasteiger partial charge >= 0.3 is 0 Å². The van der Waals surface area contributed by atoms with E-state index in [0.717, 1.165) is 12.8 Å². The van der Waals surface area contributed by atoms with Crippen LogP contribution >= 0.6 is 0 Å². The fraction of sp³-hybridized carbons (Fsp3) is 0.556. The molecular weight excluding hydrogens is 168 g/mol. The monoisotopic (exact) mass is 180 g/mol. The van der Waals surface area contributed by atoms with E-state index in [0.29, 0.717) is 5.57 Å². The standard InChI is InChI=1S/C9H12N2O2/c1-5-2-8(12)11(9(5)13)7-3-6(10)4-7/h2,6-7H,3-4,10H2,1H3. The summed E-state index contributed by atoms with van der Waals surface area (Å²) in [6.45, 7) is 1.67. The average molecular weight is 180 g/mol. The third-order valence-corrected chi connectivity index (χ3v) is 2.65. The van der Waals surface area contributed by atoms with Crippen LogP contribution in [0.25, 0.3) is 0 Å². The number of hydrogen-bond acceptors (Lipinski definition) is 3. The van der Waals surface area contributed by atoms with Crippen molar-refractivity contribution in [3.63, 3.8) is 0 Å². The first-order valence-electron chi connectivity index (χ1n) is 4.41. The van der Waals surface area contributed by atoms with Crippen LogP contribution in [0.4, 0.5) is 0 Å². The summed E-state index contributed by atoms with van der Waals surface area (Å²) in [5.41, 5.74) is 6.13. The van der Waals surface area contributed by atoms with Gasteiger partial charge in [0.05, 0.1) is 0 Å². The van der Waals surface area contributed by atoms with Crippen LogP contribution in [0.5, 0.6) is 0 Å². The normalized spacial score (nSPS) is 33.4. The fourth-order valence-corrected chi connectivity index (χ4v) is 1.79. The average Bonchev–Trinajstić information content (AvgIpc) is 2.22. The Bertz CT molecular complexity index is 303. The van der Waals surface area contributed by atoms with Crippen molar-refractivity contribution in [3.8, 4) is 0 Å². The van der Waals surface area contributed by atoms with Gasteiger partial charge < -0.3 is 5.73 Å². The lowest BCUT2D eigenvalue weighted by Crippen LogP contribution is -2.53. The smallest absolute Gasteiger partial charge is 0.256 e. The summed E-state index contributed by atoms with van der Waals surface area (Å²) >= 11 is 0. The van der Waals surface area contributed by atoms with Gasteiger partial charge in [-0.15, -0.1) is 0 Å². The second-order valence-electron chi connectivity index (χ2n) is 3.73. The van der Waals surface area contributed by atoms with Gasteiger partial charge in [0.1, 0.15) is 0 Å². The van der Waals surface area contributed by atoms with Crippen LogP contribution in [0.2, 0.25) is 0 Å². The van der Waals surface area contributed by atoms with Crippen molar-refractivity contribution < 1.29 is 9.59 Å². The van der Waals surface area contributed by atoms with Crippen molar-refractivity contribution in [2.45, 2.75) is 31.8 Å². The molecule has 2 amide bonds. The van der Waals surface area contributed by atoms with Gasteiger partial charge in [0.2, 0.25) is 0 Å². The van der Waals surface area contributed by atoms with Crippen molar-refractivity contribution in [1.82, 2.24) is 4.90 Å². The molecule has 0 aromatic heterocycles. The van der Waals surface area contributed by atoms with Crippen LogP contribution in [0.1, 0.15) is 19.8 Å². The first kappa shape index (κ1) is 8.44. The Morgan fingerprint density at radius 2 is 2.08 bits per heavy atom. The van der Waals surface area contributed by atoms with Crippen molar-refractivity contribution in [1.29, 1.82) is 0 Å². The van der Waals surface area contributed by atoms with E-state index in [9.17, 15) is 9.59 Å². The lowest BCUT2D eigenvalue weighted by atomic mass is 9.86. The molecule has 0 atom stereocenters. The highest BCUT2D eigenvalue weighted by Crippen LogP contribution is 2.28. The van der Waals surface area contributed by atoms with Gasteiger partial charge in [0.25, 0.3) is 11.8 Å². The summed E-state index contributed by atoms with van der Waals surface area (Å²) in [6.07, 6.45) is 2.89. The Hall–Kier alpha value is -1.16. The lowest BCUT2D eigenvalue weighted by Gasteiger charge is -2.38. The predicted octanol–water partition coefficient (Wildman–Crippen LogP) is -0.209. The number of hydrogen-bond donors (Lipinski definition) is 1. The second kappa shape index (κ2) is 2.67. The minimum atomic E-state index is -0.181. The molecule has 0 bridgehead atoms. The highest BCUT2D eigenvalue weighted by molar-refractivity contribution is 6.16. The molecule has 0 radical (unpaired) electrons. The summed E-state index contributed by atoms with van der Waals surface area (Å²) in [6, 6.07) is 0.204. The van der Waals surface area contributed by atoms with E-state index in [4.69, 9.17) is 5.73 Å². The van der Waals surface area contributed by atoms with Crippen LogP contribution < -0.4 is 5.73 Å². The van der Waals surface area contributed by atoms with E-state index in [1.807, 2.05) is 0 Å². The fourth-order valence-electron chi connectivity index (χ4n) is 1.79. The molecular formula is C9H12N2O2. The van der Waals surface area contributed by atoms with Gasteiger partial charge in [-0.2, -0.15) is 0 Å². The second-order valence-corrected chi connectivity index (χ2v) is 3.73. The van der Waals surface area contributed by atoms with E-state index >= 15 is 0 Å². The van der Waals surface area contributed by atoms with Gasteiger partial charge in [-0.1, -0.05) is 0 Å². The van der Waals surface area contributed by atoms with Gasteiger partial charge in [0.15, 0.2) is 0 Å². The van der Waals surface area contributed by atoms with Gasteiger partial charge in [-0.05, 0) is 19.8 Å². The Kier molecular flexibility index (Phi) is 1.73. The number of amides is 2. The first-order valence-corrected chi connectivity index (χ1v) is 4.41. The summed E-state index contributed by atoms with van der Waals surface area (Å²) in [5, 5.41) is 0. The molecule has 0 aromatic carbocycles. The molecule has 2 aliphatic rings. The molecule has 2 rings (SSSR count). The number of carbonyl (C=O) groups is 2. The molecule has 0 saturated heterocycles.